The largest absolute Gasteiger partial charge is 0.482 e. The van der Waals surface area contributed by atoms with E-state index < -0.39 is 11.6 Å². The van der Waals surface area contributed by atoms with Crippen molar-refractivity contribution in [2.24, 2.45) is 5.92 Å². The van der Waals surface area contributed by atoms with Crippen LogP contribution in [0.4, 0.5) is 8.78 Å². The van der Waals surface area contributed by atoms with Gasteiger partial charge in [-0.05, 0) is 25.0 Å². The molecule has 2 aromatic rings. The monoisotopic (exact) mass is 380 g/mol. The minimum absolute atomic E-state index is 0.102. The molecule has 1 fully saturated rings. The second-order valence-corrected chi connectivity index (χ2v) is 6.13. The van der Waals surface area contributed by atoms with E-state index in [9.17, 15) is 18.4 Å². The Bertz CT molecular complexity index is 831. The number of hydrogen-bond donors (Lipinski definition) is 0. The number of ether oxygens (including phenoxy) is 2. The minimum atomic E-state index is -0.834. The lowest BCUT2D eigenvalue weighted by Gasteiger charge is -2.29. The third-order valence-corrected chi connectivity index (χ3v) is 4.36. The summed E-state index contributed by atoms with van der Waals surface area (Å²) in [7, 11) is 1.34. The molecule has 1 aliphatic rings. The molecule has 0 N–H and O–H groups in total. The van der Waals surface area contributed by atoms with Gasteiger partial charge >= 0.3 is 5.97 Å². The van der Waals surface area contributed by atoms with Crippen LogP contribution in [0.1, 0.15) is 29.1 Å². The second-order valence-electron chi connectivity index (χ2n) is 6.13. The number of halogens is 2. The summed E-state index contributed by atoms with van der Waals surface area (Å²) >= 11 is 0. The van der Waals surface area contributed by atoms with Crippen molar-refractivity contribution in [1.82, 2.24) is 10.1 Å². The predicted octanol–water partition coefficient (Wildman–Crippen LogP) is 2.56. The molecule has 0 radical (unpaired) electrons. The average molecular weight is 380 g/mol. The highest BCUT2D eigenvalue weighted by Gasteiger charge is 2.29. The van der Waals surface area contributed by atoms with Crippen LogP contribution in [0.5, 0.6) is 5.75 Å². The Morgan fingerprint density at radius 3 is 2.67 bits per heavy atom. The fourth-order valence-electron chi connectivity index (χ4n) is 2.87. The lowest BCUT2D eigenvalue weighted by atomic mass is 9.97. The van der Waals surface area contributed by atoms with Gasteiger partial charge in [-0.15, -0.1) is 0 Å². The van der Waals surface area contributed by atoms with Gasteiger partial charge in [0.2, 0.25) is 0 Å². The van der Waals surface area contributed by atoms with Crippen LogP contribution in [0.25, 0.3) is 0 Å². The number of aromatic nitrogens is 1. The summed E-state index contributed by atoms with van der Waals surface area (Å²) in [6.07, 6.45) is 1.05. The van der Waals surface area contributed by atoms with Gasteiger partial charge in [-0.25, -0.2) is 8.78 Å². The van der Waals surface area contributed by atoms with E-state index in [-0.39, 0.29) is 41.6 Å². The zero-order valence-electron chi connectivity index (χ0n) is 14.6. The highest BCUT2D eigenvalue weighted by molar-refractivity contribution is 5.92. The topological polar surface area (TPSA) is 81.9 Å². The van der Waals surface area contributed by atoms with Crippen LogP contribution in [0.2, 0.25) is 0 Å². The molecule has 27 heavy (non-hydrogen) atoms. The maximum Gasteiger partial charge on any atom is 0.308 e. The highest BCUT2D eigenvalue weighted by atomic mass is 19.1. The van der Waals surface area contributed by atoms with Crippen molar-refractivity contribution in [1.29, 1.82) is 0 Å². The number of esters is 1. The van der Waals surface area contributed by atoms with Gasteiger partial charge in [-0.2, -0.15) is 0 Å². The lowest BCUT2D eigenvalue weighted by Crippen LogP contribution is -2.40. The molecule has 0 unspecified atom stereocenters. The minimum Gasteiger partial charge on any atom is -0.482 e. The van der Waals surface area contributed by atoms with E-state index in [0.29, 0.717) is 32.0 Å². The third kappa shape index (κ3) is 4.42. The van der Waals surface area contributed by atoms with Crippen LogP contribution in [0.3, 0.4) is 0 Å². The fourth-order valence-corrected chi connectivity index (χ4v) is 2.87. The van der Waals surface area contributed by atoms with Crippen LogP contribution in [-0.2, 0) is 16.1 Å². The predicted molar refractivity (Wildman–Crippen MR) is 87.8 cm³/mol. The zero-order chi connectivity index (χ0) is 19.4. The summed E-state index contributed by atoms with van der Waals surface area (Å²) in [5, 5.41) is 3.72. The first kappa shape index (κ1) is 18.8. The van der Waals surface area contributed by atoms with E-state index in [2.05, 4.69) is 5.16 Å². The number of nitrogens with zero attached hydrogens (tertiary/aromatic N) is 2. The molecule has 144 valence electrons. The van der Waals surface area contributed by atoms with Crippen LogP contribution >= 0.6 is 0 Å². The van der Waals surface area contributed by atoms with Crippen molar-refractivity contribution in [2.75, 3.05) is 20.2 Å². The van der Waals surface area contributed by atoms with Crippen LogP contribution in [0.15, 0.2) is 28.8 Å². The number of rotatable bonds is 5. The van der Waals surface area contributed by atoms with Crippen LogP contribution < -0.4 is 4.74 Å². The molecule has 7 nitrogen and oxygen atoms in total. The van der Waals surface area contributed by atoms with Gasteiger partial charge in [-0.1, -0.05) is 5.16 Å². The molecule has 0 saturated carbocycles. The Morgan fingerprint density at radius 2 is 2.00 bits per heavy atom. The number of benzene rings is 1. The maximum absolute atomic E-state index is 13.5. The van der Waals surface area contributed by atoms with Gasteiger partial charge in [0.15, 0.2) is 23.0 Å². The fraction of sp³-hybridized carbons (Fsp3) is 0.389. The van der Waals surface area contributed by atoms with Crippen molar-refractivity contribution in [2.45, 2.75) is 19.4 Å². The molecule has 0 bridgehead atoms. The van der Waals surface area contributed by atoms with Crippen molar-refractivity contribution < 1.29 is 32.4 Å². The highest BCUT2D eigenvalue weighted by Crippen LogP contribution is 2.21. The average Bonchev–Trinajstić information content (AvgIpc) is 3.15. The molecule has 0 aliphatic carbocycles. The van der Waals surface area contributed by atoms with Crippen molar-refractivity contribution in [3.05, 3.63) is 47.4 Å². The second kappa shape index (κ2) is 8.15. The van der Waals surface area contributed by atoms with E-state index in [1.54, 1.807) is 4.90 Å². The number of amides is 1. The summed E-state index contributed by atoms with van der Waals surface area (Å²) in [5.74, 6) is -2.23. The third-order valence-electron chi connectivity index (χ3n) is 4.36. The normalized spacial score (nSPS) is 14.9. The molecule has 1 aliphatic heterocycles. The molecule has 1 saturated heterocycles. The zero-order valence-corrected chi connectivity index (χ0v) is 14.6. The summed E-state index contributed by atoms with van der Waals surface area (Å²) < 4.78 is 41.4. The first-order valence-electron chi connectivity index (χ1n) is 8.38. The smallest absolute Gasteiger partial charge is 0.308 e. The van der Waals surface area contributed by atoms with E-state index in [0.717, 1.165) is 6.07 Å². The molecule has 1 aromatic carbocycles. The van der Waals surface area contributed by atoms with Gasteiger partial charge in [-0.3, -0.25) is 9.59 Å². The van der Waals surface area contributed by atoms with Crippen molar-refractivity contribution in [3.8, 4) is 5.75 Å². The Morgan fingerprint density at radius 1 is 1.26 bits per heavy atom. The van der Waals surface area contributed by atoms with Crippen LogP contribution in [0, 0.1) is 17.6 Å². The number of methoxy groups -OCH3 is 1. The molecular formula is C18H18F2N2O5. The summed E-state index contributed by atoms with van der Waals surface area (Å²) in [6, 6.07) is 4.36. The number of hydrogen-bond acceptors (Lipinski definition) is 6. The van der Waals surface area contributed by atoms with E-state index in [4.69, 9.17) is 14.0 Å². The van der Waals surface area contributed by atoms with Crippen molar-refractivity contribution >= 4 is 11.9 Å². The first-order chi connectivity index (χ1) is 13.0. The van der Waals surface area contributed by atoms with Gasteiger partial charge in [0.25, 0.3) is 5.91 Å². The maximum atomic E-state index is 13.5. The molecule has 1 amide bonds. The molecule has 3 rings (SSSR count). The Hall–Kier alpha value is -2.97. The molecule has 2 heterocycles. The Labute approximate surface area is 153 Å². The van der Waals surface area contributed by atoms with Gasteiger partial charge < -0.3 is 18.9 Å². The molecular weight excluding hydrogens is 362 g/mol. The standard InChI is InChI=1S/C18H18F2N2O5/c1-25-18(24)11-4-6-22(7-5-11)17(23)15-9-13(27-21-15)10-26-16-3-2-12(19)8-14(16)20/h2-3,8-9,11H,4-7,10H2,1H3. The summed E-state index contributed by atoms with van der Waals surface area (Å²) in [5.41, 5.74) is 0.102. The van der Waals surface area contributed by atoms with Crippen molar-refractivity contribution in [3.63, 3.8) is 0 Å². The number of carbonyl (C=O) groups is 2. The van der Waals surface area contributed by atoms with E-state index in [1.807, 2.05) is 0 Å². The lowest BCUT2D eigenvalue weighted by molar-refractivity contribution is -0.146. The first-order valence-corrected chi connectivity index (χ1v) is 8.38. The number of likely N-dealkylation sites (tertiary alicyclic amines) is 1. The van der Waals surface area contributed by atoms with E-state index in [1.165, 1.54) is 19.2 Å². The van der Waals surface area contributed by atoms with Gasteiger partial charge in [0.05, 0.1) is 13.0 Å². The van der Waals surface area contributed by atoms with E-state index >= 15 is 0 Å². The molecule has 9 heteroatoms. The molecule has 0 spiro atoms. The number of carbonyl (C=O) groups excluding carboxylic acids is 2. The SMILES string of the molecule is COC(=O)C1CCN(C(=O)c2cc(COc3ccc(F)cc3F)on2)CC1. The Kier molecular flexibility index (Phi) is 5.68. The summed E-state index contributed by atoms with van der Waals surface area (Å²) in [6.45, 7) is 0.670. The molecule has 1 aromatic heterocycles. The van der Waals surface area contributed by atoms with Gasteiger partial charge in [0.1, 0.15) is 12.4 Å². The quantitative estimate of drug-likeness (QED) is 0.742. The molecule has 0 atom stereocenters. The Balaban J connectivity index is 1.56. The van der Waals surface area contributed by atoms with Gasteiger partial charge in [0, 0.05) is 25.2 Å². The summed E-state index contributed by atoms with van der Waals surface area (Å²) in [4.78, 5) is 25.6. The number of piperidine rings is 1. The van der Waals surface area contributed by atoms with Crippen LogP contribution in [-0.4, -0.2) is 42.1 Å².